The minimum atomic E-state index is -3.69. The molecule has 0 aliphatic carbocycles. The highest BCUT2D eigenvalue weighted by Crippen LogP contribution is 2.14. The molecule has 0 aliphatic heterocycles. The predicted octanol–water partition coefficient (Wildman–Crippen LogP) is 0.228. The Balaban J connectivity index is 1.98. The molecule has 2 aromatic rings. The Morgan fingerprint density at radius 1 is 1.12 bits per heavy atom. The normalized spacial score (nSPS) is 12.0. The molecule has 2 aromatic carbocycles. The van der Waals surface area contributed by atoms with Gasteiger partial charge in [0.05, 0.1) is 13.7 Å². The molecule has 0 radical (unpaired) electrons. The molecule has 0 fully saturated rings. The van der Waals surface area contributed by atoms with Crippen molar-refractivity contribution < 1.29 is 18.1 Å². The van der Waals surface area contributed by atoms with Crippen LogP contribution in [0.3, 0.4) is 0 Å². The number of benzene rings is 2. The van der Waals surface area contributed by atoms with Crippen LogP contribution < -0.4 is 20.2 Å². The largest absolute Gasteiger partial charge is 0.497 e. The van der Waals surface area contributed by atoms with Crippen LogP contribution in [0.4, 0.5) is 0 Å². The van der Waals surface area contributed by atoms with Crippen LogP contribution in [0.15, 0.2) is 47.4 Å². The number of rotatable bonds is 6. The maximum atomic E-state index is 12.3. The van der Waals surface area contributed by atoms with Crippen molar-refractivity contribution in [2.75, 3.05) is 13.7 Å². The Bertz CT molecular complexity index is 860. The lowest BCUT2D eigenvalue weighted by Gasteiger charge is -2.05. The Morgan fingerprint density at radius 2 is 1.80 bits per heavy atom. The Labute approximate surface area is 148 Å². The van der Waals surface area contributed by atoms with Crippen LogP contribution in [0.5, 0.6) is 5.75 Å². The SMILES string of the molecule is COc1ccc(CC[NH+]=C(N)NS(=O)(=O)c2ccc(C)c(C)c2)cc1. The first-order chi connectivity index (χ1) is 11.8. The van der Waals surface area contributed by atoms with Crippen molar-refractivity contribution in [1.29, 1.82) is 0 Å². The number of nitrogens with two attached hydrogens (primary N) is 1. The summed E-state index contributed by atoms with van der Waals surface area (Å²) in [5, 5.41) is 0. The first kappa shape index (κ1) is 18.8. The summed E-state index contributed by atoms with van der Waals surface area (Å²) < 4.78 is 32.2. The fraction of sp³-hybridized carbons (Fsp3) is 0.278. The number of nitrogens with one attached hydrogen (secondary N) is 2. The van der Waals surface area contributed by atoms with E-state index < -0.39 is 10.0 Å². The molecule has 0 amide bonds. The smallest absolute Gasteiger partial charge is 0.356 e. The fourth-order valence-corrected chi connectivity index (χ4v) is 3.31. The predicted molar refractivity (Wildman–Crippen MR) is 98.0 cm³/mol. The standard InChI is InChI=1S/C18H23N3O3S/c1-13-4-9-17(12-14(13)2)25(22,23)21-18(19)20-11-10-15-5-7-16(24-3)8-6-15/h4-9,12H,10-11H2,1-3H3,(H3,19,20,21)/p+1. The van der Waals surface area contributed by atoms with Gasteiger partial charge < -0.3 is 4.74 Å². The van der Waals surface area contributed by atoms with Gasteiger partial charge in [-0.3, -0.25) is 10.7 Å². The van der Waals surface area contributed by atoms with Gasteiger partial charge in [-0.05, 0) is 54.8 Å². The molecular formula is C18H24N3O3S+. The molecule has 0 unspecified atom stereocenters. The third-order valence-corrected chi connectivity index (χ3v) is 5.28. The van der Waals surface area contributed by atoms with E-state index in [1.165, 1.54) is 0 Å². The summed E-state index contributed by atoms with van der Waals surface area (Å²) in [5.41, 5.74) is 8.81. The van der Waals surface area contributed by atoms with Gasteiger partial charge in [0.1, 0.15) is 10.6 Å². The van der Waals surface area contributed by atoms with Crippen molar-refractivity contribution in [3.05, 3.63) is 59.2 Å². The van der Waals surface area contributed by atoms with Crippen molar-refractivity contribution in [3.63, 3.8) is 0 Å². The summed E-state index contributed by atoms with van der Waals surface area (Å²) in [5.74, 6) is 0.802. The van der Waals surface area contributed by atoms with E-state index >= 15 is 0 Å². The number of hydrogen-bond donors (Lipinski definition) is 3. The van der Waals surface area contributed by atoms with E-state index in [0.29, 0.717) is 13.0 Å². The Morgan fingerprint density at radius 3 is 2.40 bits per heavy atom. The minimum absolute atomic E-state index is 0.00624. The zero-order valence-electron chi connectivity index (χ0n) is 14.7. The van der Waals surface area contributed by atoms with Gasteiger partial charge in [0.15, 0.2) is 0 Å². The maximum absolute atomic E-state index is 12.3. The van der Waals surface area contributed by atoms with Gasteiger partial charge in [0, 0.05) is 6.42 Å². The first-order valence-corrected chi connectivity index (χ1v) is 9.39. The second kappa shape index (κ2) is 8.02. The van der Waals surface area contributed by atoms with Crippen LogP contribution in [0.1, 0.15) is 16.7 Å². The van der Waals surface area contributed by atoms with Gasteiger partial charge in [-0.25, -0.2) is 0 Å². The molecule has 134 valence electrons. The Kier molecular flexibility index (Phi) is 6.03. The third kappa shape index (κ3) is 5.22. The average molecular weight is 362 g/mol. The number of hydrogen-bond acceptors (Lipinski definition) is 3. The highest BCUT2D eigenvalue weighted by atomic mass is 32.2. The highest BCUT2D eigenvalue weighted by Gasteiger charge is 2.19. The molecule has 0 bridgehead atoms. The van der Waals surface area contributed by atoms with E-state index in [1.807, 2.05) is 38.1 Å². The van der Waals surface area contributed by atoms with Crippen molar-refractivity contribution in [3.8, 4) is 5.75 Å². The zero-order valence-corrected chi connectivity index (χ0v) is 15.5. The number of ether oxygens (including phenoxy) is 1. The highest BCUT2D eigenvalue weighted by molar-refractivity contribution is 7.90. The van der Waals surface area contributed by atoms with Gasteiger partial charge in [0.25, 0.3) is 0 Å². The van der Waals surface area contributed by atoms with E-state index in [2.05, 4.69) is 9.71 Å². The number of guanidine groups is 1. The first-order valence-electron chi connectivity index (χ1n) is 7.91. The van der Waals surface area contributed by atoms with Crippen molar-refractivity contribution >= 4 is 16.0 Å². The van der Waals surface area contributed by atoms with Crippen LogP contribution in [0.2, 0.25) is 0 Å². The quantitative estimate of drug-likeness (QED) is 0.506. The summed E-state index contributed by atoms with van der Waals surface area (Å²) in [6.45, 7) is 4.31. The lowest BCUT2D eigenvalue weighted by atomic mass is 10.1. The van der Waals surface area contributed by atoms with Crippen molar-refractivity contribution in [1.82, 2.24) is 4.72 Å². The molecule has 4 N–H and O–H groups in total. The van der Waals surface area contributed by atoms with Crippen LogP contribution in [0.25, 0.3) is 0 Å². The van der Waals surface area contributed by atoms with Crippen molar-refractivity contribution in [2.45, 2.75) is 25.2 Å². The second-order valence-corrected chi connectivity index (χ2v) is 7.47. The lowest BCUT2D eigenvalue weighted by molar-refractivity contribution is -0.459. The number of methoxy groups -OCH3 is 1. The monoisotopic (exact) mass is 362 g/mol. The van der Waals surface area contributed by atoms with Crippen LogP contribution in [0, 0.1) is 13.8 Å². The van der Waals surface area contributed by atoms with Crippen LogP contribution in [-0.2, 0) is 16.4 Å². The fourth-order valence-electron chi connectivity index (χ4n) is 2.25. The molecule has 7 heteroatoms. The van der Waals surface area contributed by atoms with Crippen LogP contribution in [-0.4, -0.2) is 28.0 Å². The summed E-state index contributed by atoms with van der Waals surface area (Å²) in [4.78, 5) is 3.07. The molecule has 0 aromatic heterocycles. The lowest BCUT2D eigenvalue weighted by Crippen LogP contribution is -2.79. The molecule has 0 saturated heterocycles. The number of sulfonamides is 1. The molecule has 2 rings (SSSR count). The third-order valence-electron chi connectivity index (χ3n) is 3.92. The average Bonchev–Trinajstić information content (AvgIpc) is 2.57. The molecule has 0 aliphatic rings. The van der Waals surface area contributed by atoms with Gasteiger partial charge in [-0.2, -0.15) is 13.1 Å². The van der Waals surface area contributed by atoms with Crippen molar-refractivity contribution in [2.24, 2.45) is 5.73 Å². The molecule has 0 atom stereocenters. The van der Waals surface area contributed by atoms with E-state index in [1.54, 1.807) is 25.3 Å². The molecular weight excluding hydrogens is 338 g/mol. The second-order valence-electron chi connectivity index (χ2n) is 5.79. The van der Waals surface area contributed by atoms with Crippen LogP contribution >= 0.6 is 0 Å². The number of aryl methyl sites for hydroxylation is 2. The van der Waals surface area contributed by atoms with Gasteiger partial charge in [-0.15, -0.1) is 0 Å². The summed E-state index contributed by atoms with van der Waals surface area (Å²) in [6, 6.07) is 12.6. The summed E-state index contributed by atoms with van der Waals surface area (Å²) in [6.07, 6.45) is 0.704. The zero-order chi connectivity index (χ0) is 18.4. The van der Waals surface area contributed by atoms with Gasteiger partial charge >= 0.3 is 16.0 Å². The molecule has 0 heterocycles. The topological polar surface area (TPSA) is 95.4 Å². The molecule has 0 saturated carbocycles. The van der Waals surface area contributed by atoms with E-state index in [-0.39, 0.29) is 10.9 Å². The molecule has 25 heavy (non-hydrogen) atoms. The van der Waals surface area contributed by atoms with E-state index in [4.69, 9.17) is 10.5 Å². The van der Waals surface area contributed by atoms with E-state index in [9.17, 15) is 8.42 Å². The minimum Gasteiger partial charge on any atom is -0.497 e. The van der Waals surface area contributed by atoms with Gasteiger partial charge in [0.2, 0.25) is 0 Å². The summed E-state index contributed by atoms with van der Waals surface area (Å²) in [7, 11) is -2.07. The Hall–Kier alpha value is -2.54. The van der Waals surface area contributed by atoms with Gasteiger partial charge in [-0.1, -0.05) is 18.2 Å². The maximum Gasteiger partial charge on any atom is 0.356 e. The summed E-state index contributed by atoms with van der Waals surface area (Å²) >= 11 is 0. The molecule has 6 nitrogen and oxygen atoms in total. The molecule has 0 spiro atoms. The van der Waals surface area contributed by atoms with E-state index in [0.717, 1.165) is 22.4 Å².